The van der Waals surface area contributed by atoms with Gasteiger partial charge in [0.1, 0.15) is 6.54 Å². The second kappa shape index (κ2) is 6.24. The van der Waals surface area contributed by atoms with Gasteiger partial charge >= 0.3 is 0 Å². The minimum atomic E-state index is -0.146. The van der Waals surface area contributed by atoms with Crippen LogP contribution in [0.5, 0.6) is 0 Å². The number of aryl methyl sites for hydroxylation is 2. The number of benzene rings is 2. The van der Waals surface area contributed by atoms with Gasteiger partial charge < -0.3 is 10.2 Å². The molecule has 0 aliphatic carbocycles. The molecule has 4 nitrogen and oxygen atoms in total. The van der Waals surface area contributed by atoms with Gasteiger partial charge in [-0.3, -0.25) is 9.59 Å². The summed E-state index contributed by atoms with van der Waals surface area (Å²) < 4.78 is 0. The van der Waals surface area contributed by atoms with Crippen LogP contribution in [-0.4, -0.2) is 18.4 Å². The van der Waals surface area contributed by atoms with E-state index in [1.165, 1.54) is 5.56 Å². The van der Waals surface area contributed by atoms with E-state index in [1.54, 1.807) is 4.90 Å². The lowest BCUT2D eigenvalue weighted by molar-refractivity contribution is -0.123. The summed E-state index contributed by atoms with van der Waals surface area (Å²) in [5.74, 6) is -0.163. The molecular weight excluding hydrogens is 288 g/mol. The van der Waals surface area contributed by atoms with Gasteiger partial charge in [0, 0.05) is 12.2 Å². The number of hydrogen-bond acceptors (Lipinski definition) is 2. The van der Waals surface area contributed by atoms with E-state index in [0.29, 0.717) is 13.0 Å². The van der Waals surface area contributed by atoms with Crippen LogP contribution in [0.3, 0.4) is 0 Å². The minimum absolute atomic E-state index is 0.0175. The Morgan fingerprint density at radius 1 is 1.09 bits per heavy atom. The normalized spacial score (nSPS) is 13.1. The van der Waals surface area contributed by atoms with Crippen molar-refractivity contribution in [3.63, 3.8) is 0 Å². The van der Waals surface area contributed by atoms with Gasteiger partial charge in [0.15, 0.2) is 0 Å². The van der Waals surface area contributed by atoms with Crippen molar-refractivity contribution < 1.29 is 9.59 Å². The minimum Gasteiger partial charge on any atom is -0.350 e. The summed E-state index contributed by atoms with van der Waals surface area (Å²) in [6.07, 6.45) is 0.377. The summed E-state index contributed by atoms with van der Waals surface area (Å²) in [5.41, 5.74) is 5.22. The van der Waals surface area contributed by atoms with E-state index in [4.69, 9.17) is 0 Å². The summed E-state index contributed by atoms with van der Waals surface area (Å²) in [5, 5.41) is 2.88. The highest BCUT2D eigenvalue weighted by Gasteiger charge is 2.28. The fourth-order valence-corrected chi connectivity index (χ4v) is 2.79. The van der Waals surface area contributed by atoms with E-state index in [1.807, 2.05) is 56.3 Å². The van der Waals surface area contributed by atoms with E-state index < -0.39 is 0 Å². The van der Waals surface area contributed by atoms with Crippen molar-refractivity contribution >= 4 is 17.5 Å². The molecule has 3 rings (SSSR count). The lowest BCUT2D eigenvalue weighted by atomic mass is 10.1. The average molecular weight is 308 g/mol. The van der Waals surface area contributed by atoms with Crippen LogP contribution in [0.4, 0.5) is 5.69 Å². The van der Waals surface area contributed by atoms with E-state index in [2.05, 4.69) is 5.32 Å². The van der Waals surface area contributed by atoms with Crippen molar-refractivity contribution in [1.82, 2.24) is 5.32 Å². The van der Waals surface area contributed by atoms with E-state index in [9.17, 15) is 9.59 Å². The van der Waals surface area contributed by atoms with Crippen LogP contribution in [0.15, 0.2) is 42.5 Å². The molecule has 2 amide bonds. The zero-order valence-corrected chi connectivity index (χ0v) is 13.4. The number of fused-ring (bicyclic) bond motifs is 1. The molecule has 2 aromatic rings. The Labute approximate surface area is 136 Å². The van der Waals surface area contributed by atoms with Crippen LogP contribution in [0.1, 0.15) is 22.3 Å². The molecule has 1 aliphatic heterocycles. The van der Waals surface area contributed by atoms with Crippen molar-refractivity contribution in [2.24, 2.45) is 0 Å². The van der Waals surface area contributed by atoms with E-state index in [-0.39, 0.29) is 18.4 Å². The third kappa shape index (κ3) is 3.42. The molecule has 0 saturated carbocycles. The van der Waals surface area contributed by atoms with Crippen molar-refractivity contribution in [3.05, 3.63) is 64.7 Å². The van der Waals surface area contributed by atoms with Crippen molar-refractivity contribution in [1.29, 1.82) is 0 Å². The molecule has 1 N–H and O–H groups in total. The van der Waals surface area contributed by atoms with Crippen LogP contribution in [0.25, 0.3) is 0 Å². The number of hydrogen-bond donors (Lipinski definition) is 1. The molecule has 23 heavy (non-hydrogen) atoms. The number of nitrogens with zero attached hydrogens (tertiary/aromatic N) is 1. The molecule has 0 fully saturated rings. The van der Waals surface area contributed by atoms with Crippen LogP contribution in [0, 0.1) is 13.8 Å². The summed E-state index contributed by atoms with van der Waals surface area (Å²) >= 11 is 0. The molecule has 0 atom stereocenters. The highest BCUT2D eigenvalue weighted by molar-refractivity contribution is 6.05. The first-order valence-electron chi connectivity index (χ1n) is 7.75. The van der Waals surface area contributed by atoms with Crippen LogP contribution in [-0.2, 0) is 22.6 Å². The summed E-state index contributed by atoms with van der Waals surface area (Å²) in [6, 6.07) is 13.9. The fourth-order valence-electron chi connectivity index (χ4n) is 2.79. The molecule has 4 heteroatoms. The fraction of sp³-hybridized carbons (Fsp3) is 0.263. The molecule has 0 unspecified atom stereocenters. The zero-order valence-electron chi connectivity index (χ0n) is 13.4. The summed E-state index contributed by atoms with van der Waals surface area (Å²) in [6.45, 7) is 4.57. The number of anilines is 1. The van der Waals surface area contributed by atoms with Crippen molar-refractivity contribution in [2.75, 3.05) is 11.4 Å². The quantitative estimate of drug-likeness (QED) is 0.943. The second-order valence-electron chi connectivity index (χ2n) is 6.05. The predicted molar refractivity (Wildman–Crippen MR) is 90.3 cm³/mol. The maximum Gasteiger partial charge on any atom is 0.240 e. The summed E-state index contributed by atoms with van der Waals surface area (Å²) in [4.78, 5) is 25.9. The van der Waals surface area contributed by atoms with Gasteiger partial charge in [-0.25, -0.2) is 0 Å². The Morgan fingerprint density at radius 2 is 1.78 bits per heavy atom. The zero-order chi connectivity index (χ0) is 16.4. The Kier molecular flexibility index (Phi) is 4.15. The Morgan fingerprint density at radius 3 is 2.52 bits per heavy atom. The number of rotatable bonds is 4. The maximum atomic E-state index is 12.2. The smallest absolute Gasteiger partial charge is 0.240 e. The Hall–Kier alpha value is -2.62. The van der Waals surface area contributed by atoms with Gasteiger partial charge in [-0.2, -0.15) is 0 Å². The largest absolute Gasteiger partial charge is 0.350 e. The van der Waals surface area contributed by atoms with E-state index >= 15 is 0 Å². The molecule has 0 spiro atoms. The highest BCUT2D eigenvalue weighted by Crippen LogP contribution is 2.29. The molecule has 1 aliphatic rings. The van der Waals surface area contributed by atoms with Gasteiger partial charge in [-0.05, 0) is 31.0 Å². The van der Waals surface area contributed by atoms with Crippen LogP contribution in [0.2, 0.25) is 0 Å². The molecule has 2 aromatic carbocycles. The number of amides is 2. The number of carbonyl (C=O) groups excluding carboxylic acids is 2. The molecule has 0 saturated heterocycles. The molecule has 1 heterocycles. The molecule has 0 bridgehead atoms. The number of carbonyl (C=O) groups is 2. The van der Waals surface area contributed by atoms with Gasteiger partial charge in [0.2, 0.25) is 11.8 Å². The first kappa shape index (κ1) is 15.3. The monoisotopic (exact) mass is 308 g/mol. The third-order valence-electron chi connectivity index (χ3n) is 4.08. The van der Waals surface area contributed by atoms with E-state index in [0.717, 1.165) is 22.4 Å². The lowest BCUT2D eigenvalue weighted by Gasteiger charge is -2.17. The maximum absolute atomic E-state index is 12.2. The average Bonchev–Trinajstić information content (AvgIpc) is 2.82. The Balaban J connectivity index is 1.62. The predicted octanol–water partition coefficient (Wildman–Crippen LogP) is 2.51. The lowest BCUT2D eigenvalue weighted by Crippen LogP contribution is -2.38. The number of nitrogens with one attached hydrogen (secondary N) is 1. The SMILES string of the molecule is Cc1ccc(CNC(=O)CN2C(=O)Cc3cc(C)ccc32)cc1. The molecule has 0 aromatic heterocycles. The first-order chi connectivity index (χ1) is 11.0. The van der Waals surface area contributed by atoms with Crippen LogP contribution >= 0.6 is 0 Å². The topological polar surface area (TPSA) is 49.4 Å². The first-order valence-corrected chi connectivity index (χ1v) is 7.75. The van der Waals surface area contributed by atoms with Crippen molar-refractivity contribution in [3.8, 4) is 0 Å². The van der Waals surface area contributed by atoms with Gasteiger partial charge in [-0.1, -0.05) is 47.5 Å². The highest BCUT2D eigenvalue weighted by atomic mass is 16.2. The van der Waals surface area contributed by atoms with Gasteiger partial charge in [0.25, 0.3) is 0 Å². The van der Waals surface area contributed by atoms with Gasteiger partial charge in [0.05, 0.1) is 6.42 Å². The van der Waals surface area contributed by atoms with Gasteiger partial charge in [-0.15, -0.1) is 0 Å². The second-order valence-corrected chi connectivity index (χ2v) is 6.05. The molecular formula is C19H20N2O2. The third-order valence-corrected chi connectivity index (χ3v) is 4.08. The Bertz CT molecular complexity index is 750. The van der Waals surface area contributed by atoms with Crippen molar-refractivity contribution in [2.45, 2.75) is 26.8 Å². The standard InChI is InChI=1S/C19H20N2O2/c1-13-3-6-15(7-4-13)11-20-18(22)12-21-17-8-5-14(2)9-16(17)10-19(21)23/h3-9H,10-12H2,1-2H3,(H,20,22). The summed E-state index contributed by atoms with van der Waals surface area (Å²) in [7, 11) is 0. The van der Waals surface area contributed by atoms with Crippen LogP contribution < -0.4 is 10.2 Å². The molecule has 0 radical (unpaired) electrons. The molecule has 118 valence electrons.